The lowest BCUT2D eigenvalue weighted by Gasteiger charge is -2.18. The van der Waals surface area contributed by atoms with Gasteiger partial charge < -0.3 is 10.8 Å². The Morgan fingerprint density at radius 1 is 1.29 bits per heavy atom. The first-order valence-corrected chi connectivity index (χ1v) is 4.87. The third-order valence-electron chi connectivity index (χ3n) is 2.74. The highest BCUT2D eigenvalue weighted by Gasteiger charge is 2.33. The molecule has 0 aliphatic heterocycles. The van der Waals surface area contributed by atoms with Gasteiger partial charge in [0.15, 0.2) is 0 Å². The summed E-state index contributed by atoms with van der Waals surface area (Å²) in [5.74, 6) is 0.149. The van der Waals surface area contributed by atoms with E-state index in [2.05, 4.69) is 0 Å². The SMILES string of the molecule is NC(C1CC1)C(O)c1ccc(F)cc1. The fourth-order valence-corrected chi connectivity index (χ4v) is 1.62. The Labute approximate surface area is 82.5 Å². The number of aliphatic hydroxyl groups is 1. The second-order valence-electron chi connectivity index (χ2n) is 3.91. The summed E-state index contributed by atoms with van der Waals surface area (Å²) in [5.41, 5.74) is 6.55. The first-order chi connectivity index (χ1) is 6.68. The van der Waals surface area contributed by atoms with Gasteiger partial charge >= 0.3 is 0 Å². The van der Waals surface area contributed by atoms with Crippen LogP contribution in [0.15, 0.2) is 24.3 Å². The Bertz CT molecular complexity index is 308. The lowest BCUT2D eigenvalue weighted by molar-refractivity contribution is 0.137. The number of hydrogen-bond acceptors (Lipinski definition) is 2. The first-order valence-electron chi connectivity index (χ1n) is 4.87. The summed E-state index contributed by atoms with van der Waals surface area (Å²) in [5, 5.41) is 9.84. The molecule has 2 atom stereocenters. The molecule has 0 bridgehead atoms. The number of benzene rings is 1. The standard InChI is InChI=1S/C11H14FNO/c12-9-5-3-8(4-6-9)11(14)10(13)7-1-2-7/h3-7,10-11,14H,1-2,13H2. The van der Waals surface area contributed by atoms with Crippen LogP contribution in [-0.2, 0) is 0 Å². The Hall–Kier alpha value is -0.930. The maximum atomic E-state index is 12.6. The van der Waals surface area contributed by atoms with Crippen LogP contribution >= 0.6 is 0 Å². The Morgan fingerprint density at radius 2 is 1.86 bits per heavy atom. The van der Waals surface area contributed by atoms with Crippen LogP contribution in [0.5, 0.6) is 0 Å². The first kappa shape index (κ1) is 9.62. The van der Waals surface area contributed by atoms with Crippen LogP contribution < -0.4 is 5.73 Å². The van der Waals surface area contributed by atoms with Gasteiger partial charge in [0.2, 0.25) is 0 Å². The molecule has 1 fully saturated rings. The minimum absolute atomic E-state index is 0.208. The molecule has 2 unspecified atom stereocenters. The number of aliphatic hydroxyl groups excluding tert-OH is 1. The van der Waals surface area contributed by atoms with Gasteiger partial charge in [-0.3, -0.25) is 0 Å². The summed E-state index contributed by atoms with van der Waals surface area (Å²) in [6.45, 7) is 0. The average molecular weight is 195 g/mol. The molecule has 0 radical (unpaired) electrons. The van der Waals surface area contributed by atoms with Crippen LogP contribution in [0.25, 0.3) is 0 Å². The molecule has 0 saturated heterocycles. The van der Waals surface area contributed by atoms with Gasteiger partial charge in [0.25, 0.3) is 0 Å². The van der Waals surface area contributed by atoms with E-state index < -0.39 is 6.10 Å². The van der Waals surface area contributed by atoms with E-state index in [9.17, 15) is 9.50 Å². The molecule has 2 rings (SSSR count). The highest BCUT2D eigenvalue weighted by molar-refractivity contribution is 5.20. The van der Waals surface area contributed by atoms with Crippen molar-refractivity contribution in [2.45, 2.75) is 25.0 Å². The number of nitrogens with two attached hydrogens (primary N) is 1. The number of hydrogen-bond donors (Lipinski definition) is 2. The van der Waals surface area contributed by atoms with Crippen molar-refractivity contribution in [1.29, 1.82) is 0 Å². The molecule has 3 heteroatoms. The molecule has 0 heterocycles. The van der Waals surface area contributed by atoms with Gasteiger partial charge in [-0.25, -0.2) is 4.39 Å². The summed E-state index contributed by atoms with van der Waals surface area (Å²) in [7, 11) is 0. The molecular weight excluding hydrogens is 181 g/mol. The van der Waals surface area contributed by atoms with Crippen molar-refractivity contribution in [2.75, 3.05) is 0 Å². The molecule has 76 valence electrons. The molecule has 0 amide bonds. The molecule has 1 saturated carbocycles. The Morgan fingerprint density at radius 3 is 2.36 bits per heavy atom. The molecule has 0 aromatic heterocycles. The summed E-state index contributed by atoms with van der Waals surface area (Å²) in [6.07, 6.45) is 1.53. The largest absolute Gasteiger partial charge is 0.387 e. The van der Waals surface area contributed by atoms with E-state index in [0.717, 1.165) is 12.8 Å². The fraction of sp³-hybridized carbons (Fsp3) is 0.455. The van der Waals surface area contributed by atoms with Crippen LogP contribution in [-0.4, -0.2) is 11.1 Å². The van der Waals surface area contributed by atoms with E-state index in [0.29, 0.717) is 11.5 Å². The van der Waals surface area contributed by atoms with Crippen LogP contribution in [0.2, 0.25) is 0 Å². The normalized spacial score (nSPS) is 20.5. The van der Waals surface area contributed by atoms with Gasteiger partial charge in [0.1, 0.15) is 5.82 Å². The van der Waals surface area contributed by atoms with Crippen molar-refractivity contribution < 1.29 is 9.50 Å². The predicted molar refractivity (Wildman–Crippen MR) is 52.1 cm³/mol. The summed E-state index contributed by atoms with van der Waals surface area (Å²) < 4.78 is 12.6. The summed E-state index contributed by atoms with van der Waals surface area (Å²) in [6, 6.07) is 5.65. The maximum Gasteiger partial charge on any atom is 0.123 e. The monoisotopic (exact) mass is 195 g/mol. The maximum absolute atomic E-state index is 12.6. The van der Waals surface area contributed by atoms with Crippen LogP contribution in [0.3, 0.4) is 0 Å². The van der Waals surface area contributed by atoms with Crippen molar-refractivity contribution >= 4 is 0 Å². The lowest BCUT2D eigenvalue weighted by atomic mass is 9.99. The van der Waals surface area contributed by atoms with Crippen molar-refractivity contribution in [2.24, 2.45) is 11.7 Å². The molecule has 1 aliphatic rings. The van der Waals surface area contributed by atoms with Crippen LogP contribution in [0, 0.1) is 11.7 Å². The highest BCUT2D eigenvalue weighted by atomic mass is 19.1. The fourth-order valence-electron chi connectivity index (χ4n) is 1.62. The van der Waals surface area contributed by atoms with Gasteiger partial charge in [-0.1, -0.05) is 12.1 Å². The number of halogens is 1. The molecule has 1 aromatic carbocycles. The van der Waals surface area contributed by atoms with E-state index in [-0.39, 0.29) is 11.9 Å². The minimum atomic E-state index is -0.664. The van der Waals surface area contributed by atoms with Gasteiger partial charge in [0.05, 0.1) is 6.10 Å². The second kappa shape index (κ2) is 3.67. The van der Waals surface area contributed by atoms with Crippen molar-refractivity contribution in [3.63, 3.8) is 0 Å². The molecule has 3 N–H and O–H groups in total. The molecule has 1 aliphatic carbocycles. The van der Waals surface area contributed by atoms with Crippen molar-refractivity contribution in [1.82, 2.24) is 0 Å². The summed E-state index contributed by atoms with van der Waals surface area (Å²) in [4.78, 5) is 0. The third-order valence-corrected chi connectivity index (χ3v) is 2.74. The smallest absolute Gasteiger partial charge is 0.123 e. The second-order valence-corrected chi connectivity index (χ2v) is 3.91. The van der Waals surface area contributed by atoms with E-state index in [1.807, 2.05) is 0 Å². The van der Waals surface area contributed by atoms with Gasteiger partial charge in [-0.15, -0.1) is 0 Å². The third kappa shape index (κ3) is 1.94. The highest BCUT2D eigenvalue weighted by Crippen LogP contribution is 2.36. The summed E-state index contributed by atoms with van der Waals surface area (Å²) >= 11 is 0. The van der Waals surface area contributed by atoms with Crippen LogP contribution in [0.4, 0.5) is 4.39 Å². The minimum Gasteiger partial charge on any atom is -0.387 e. The zero-order valence-electron chi connectivity index (χ0n) is 7.86. The topological polar surface area (TPSA) is 46.2 Å². The number of rotatable bonds is 3. The molecule has 14 heavy (non-hydrogen) atoms. The van der Waals surface area contributed by atoms with Crippen molar-refractivity contribution in [3.8, 4) is 0 Å². The lowest BCUT2D eigenvalue weighted by Crippen LogP contribution is -2.30. The zero-order chi connectivity index (χ0) is 10.1. The van der Waals surface area contributed by atoms with Crippen LogP contribution in [0.1, 0.15) is 24.5 Å². The van der Waals surface area contributed by atoms with Crippen molar-refractivity contribution in [3.05, 3.63) is 35.6 Å². The van der Waals surface area contributed by atoms with Gasteiger partial charge in [0, 0.05) is 6.04 Å². The average Bonchev–Trinajstić information content (AvgIpc) is 3.00. The van der Waals surface area contributed by atoms with E-state index >= 15 is 0 Å². The molecular formula is C11H14FNO. The van der Waals surface area contributed by atoms with E-state index in [4.69, 9.17) is 5.73 Å². The van der Waals surface area contributed by atoms with Gasteiger partial charge in [-0.05, 0) is 36.5 Å². The quantitative estimate of drug-likeness (QED) is 0.769. The van der Waals surface area contributed by atoms with E-state index in [1.54, 1.807) is 12.1 Å². The van der Waals surface area contributed by atoms with E-state index in [1.165, 1.54) is 12.1 Å². The zero-order valence-corrected chi connectivity index (χ0v) is 7.86. The molecule has 2 nitrogen and oxygen atoms in total. The predicted octanol–water partition coefficient (Wildman–Crippen LogP) is 1.60. The Kier molecular flexibility index (Phi) is 2.52. The molecule has 1 aromatic rings. The molecule has 0 spiro atoms. The van der Waals surface area contributed by atoms with Gasteiger partial charge in [-0.2, -0.15) is 0 Å². The Balaban J connectivity index is 2.09.